The van der Waals surface area contributed by atoms with Crippen molar-refractivity contribution >= 4 is 15.7 Å². The Kier molecular flexibility index (Phi) is 7.96. The van der Waals surface area contributed by atoms with E-state index in [9.17, 15) is 13.2 Å². The van der Waals surface area contributed by atoms with E-state index < -0.39 is 9.84 Å². The van der Waals surface area contributed by atoms with Crippen LogP contribution in [0, 0.1) is 5.92 Å². The molecule has 1 atom stereocenters. The van der Waals surface area contributed by atoms with Crippen molar-refractivity contribution in [3.8, 4) is 0 Å². The molecule has 1 amide bonds. The number of carbonyl (C=O) groups excluding carboxylic acids is 1. The Balaban J connectivity index is 1.73. The van der Waals surface area contributed by atoms with Crippen LogP contribution in [0.2, 0.25) is 0 Å². The number of carbonyl (C=O) groups is 1. The lowest BCUT2D eigenvalue weighted by molar-refractivity contribution is -0.127. The molecule has 30 heavy (non-hydrogen) atoms. The van der Waals surface area contributed by atoms with Gasteiger partial charge in [-0.25, -0.2) is 13.4 Å². The molecule has 8 heteroatoms. The molecular formula is C22H38N4O3S. The third kappa shape index (κ3) is 5.25. The second-order valence-electron chi connectivity index (χ2n) is 9.04. The van der Waals surface area contributed by atoms with E-state index in [0.29, 0.717) is 25.4 Å². The molecule has 1 saturated heterocycles. The highest BCUT2D eigenvalue weighted by atomic mass is 32.2. The fourth-order valence-corrected chi connectivity index (χ4v) is 6.86. The summed E-state index contributed by atoms with van der Waals surface area (Å²) in [6.45, 7) is 7.88. The van der Waals surface area contributed by atoms with Gasteiger partial charge in [0.25, 0.3) is 0 Å². The summed E-state index contributed by atoms with van der Waals surface area (Å²) in [6, 6.07) is 0. The van der Waals surface area contributed by atoms with Gasteiger partial charge in [-0.05, 0) is 39.2 Å². The summed E-state index contributed by atoms with van der Waals surface area (Å²) in [7, 11) is -1.35. The van der Waals surface area contributed by atoms with E-state index in [1.54, 1.807) is 6.20 Å². The van der Waals surface area contributed by atoms with Crippen LogP contribution in [-0.4, -0.2) is 65.6 Å². The summed E-state index contributed by atoms with van der Waals surface area (Å²) in [6.07, 6.45) is 8.91. The molecule has 1 aliphatic carbocycles. The van der Waals surface area contributed by atoms with Gasteiger partial charge in [-0.3, -0.25) is 4.79 Å². The number of nitrogens with zero attached hydrogens (tertiary/aromatic N) is 4. The molecule has 2 aliphatic rings. The molecular weight excluding hydrogens is 400 g/mol. The topological polar surface area (TPSA) is 75.5 Å². The second kappa shape index (κ2) is 10.3. The second-order valence-corrected chi connectivity index (χ2v) is 11.2. The number of imidazole rings is 1. The number of likely N-dealkylation sites (tertiary alicyclic amines) is 1. The van der Waals surface area contributed by atoms with Crippen LogP contribution < -0.4 is 0 Å². The predicted octanol–water partition coefficient (Wildman–Crippen LogP) is 3.09. The molecule has 1 aromatic heterocycles. The maximum absolute atomic E-state index is 13.3. The fraction of sp³-hybridized carbons (Fsp3) is 0.818. The highest BCUT2D eigenvalue weighted by molar-refractivity contribution is 7.91. The van der Waals surface area contributed by atoms with Crippen LogP contribution in [0.25, 0.3) is 0 Å². The van der Waals surface area contributed by atoms with Gasteiger partial charge < -0.3 is 14.4 Å². The smallest absolute Gasteiger partial charge is 0.228 e. The molecule has 0 unspecified atom stereocenters. The zero-order chi connectivity index (χ0) is 21.7. The van der Waals surface area contributed by atoms with Crippen molar-refractivity contribution in [2.75, 3.05) is 26.7 Å². The summed E-state index contributed by atoms with van der Waals surface area (Å²) < 4.78 is 28.6. The lowest BCUT2D eigenvalue weighted by Crippen LogP contribution is -2.30. The van der Waals surface area contributed by atoms with E-state index in [4.69, 9.17) is 0 Å². The largest absolute Gasteiger partial charge is 0.343 e. The van der Waals surface area contributed by atoms with Crippen LogP contribution in [0.5, 0.6) is 0 Å². The molecule has 0 aromatic carbocycles. The first-order chi connectivity index (χ1) is 14.4. The van der Waals surface area contributed by atoms with Gasteiger partial charge in [0.15, 0.2) is 0 Å². The lowest BCUT2D eigenvalue weighted by atomic mass is 10.0. The molecule has 7 nitrogen and oxygen atoms in total. The van der Waals surface area contributed by atoms with Crippen LogP contribution in [0.4, 0.5) is 0 Å². The van der Waals surface area contributed by atoms with Gasteiger partial charge in [0, 0.05) is 39.1 Å². The van der Waals surface area contributed by atoms with Crippen molar-refractivity contribution in [3.63, 3.8) is 0 Å². The number of hydrogen-bond acceptors (Lipinski definition) is 5. The summed E-state index contributed by atoms with van der Waals surface area (Å²) in [5.41, 5.74) is 0.956. The quantitative estimate of drug-likeness (QED) is 0.561. The zero-order valence-electron chi connectivity index (χ0n) is 18.8. The van der Waals surface area contributed by atoms with E-state index in [1.807, 2.05) is 23.4 Å². The average Bonchev–Trinajstić information content (AvgIpc) is 3.29. The third-order valence-electron chi connectivity index (χ3n) is 6.56. The Morgan fingerprint density at radius 2 is 1.93 bits per heavy atom. The fourth-order valence-electron chi connectivity index (χ4n) is 4.89. The van der Waals surface area contributed by atoms with E-state index >= 15 is 0 Å². The maximum Gasteiger partial charge on any atom is 0.228 e. The van der Waals surface area contributed by atoms with Crippen molar-refractivity contribution in [3.05, 3.63) is 11.9 Å². The third-order valence-corrected chi connectivity index (χ3v) is 8.74. The molecule has 2 fully saturated rings. The number of amides is 1. The average molecular weight is 439 g/mol. The van der Waals surface area contributed by atoms with Crippen LogP contribution in [0.3, 0.4) is 0 Å². The first kappa shape index (κ1) is 23.3. The van der Waals surface area contributed by atoms with E-state index in [1.165, 1.54) is 0 Å². The van der Waals surface area contributed by atoms with Gasteiger partial charge in [-0.1, -0.05) is 32.6 Å². The molecule has 1 aliphatic heterocycles. The van der Waals surface area contributed by atoms with E-state index in [0.717, 1.165) is 70.3 Å². The van der Waals surface area contributed by atoms with Crippen molar-refractivity contribution in [2.24, 2.45) is 5.92 Å². The SMILES string of the molecule is CCCCn1c(CN(C)C[C@H]2CC(=O)N(CC)C2)cnc1S(=O)(=O)C1CCCCC1. The van der Waals surface area contributed by atoms with Crippen LogP contribution in [-0.2, 0) is 27.7 Å². The Bertz CT molecular complexity index is 814. The number of unbranched alkanes of at least 4 members (excludes halogenated alkanes) is 1. The van der Waals surface area contributed by atoms with Gasteiger partial charge in [-0.15, -0.1) is 0 Å². The lowest BCUT2D eigenvalue weighted by Gasteiger charge is -2.24. The minimum atomic E-state index is -3.40. The molecule has 0 bridgehead atoms. The molecule has 1 aromatic rings. The highest BCUT2D eigenvalue weighted by Crippen LogP contribution is 2.29. The first-order valence-electron chi connectivity index (χ1n) is 11.6. The van der Waals surface area contributed by atoms with Gasteiger partial charge in [0.1, 0.15) is 0 Å². The number of hydrogen-bond donors (Lipinski definition) is 0. The number of aromatic nitrogens is 2. The zero-order valence-corrected chi connectivity index (χ0v) is 19.7. The van der Waals surface area contributed by atoms with Crippen molar-refractivity contribution in [1.82, 2.24) is 19.4 Å². The molecule has 2 heterocycles. The van der Waals surface area contributed by atoms with Crippen molar-refractivity contribution in [1.29, 1.82) is 0 Å². The Morgan fingerprint density at radius 1 is 1.20 bits per heavy atom. The minimum Gasteiger partial charge on any atom is -0.343 e. The minimum absolute atomic E-state index is 0.241. The number of rotatable bonds is 10. The summed E-state index contributed by atoms with van der Waals surface area (Å²) >= 11 is 0. The molecule has 170 valence electrons. The molecule has 0 radical (unpaired) electrons. The molecule has 1 saturated carbocycles. The van der Waals surface area contributed by atoms with Crippen LogP contribution >= 0.6 is 0 Å². The normalized spacial score (nSPS) is 21.1. The molecule has 0 spiro atoms. The van der Waals surface area contributed by atoms with Crippen LogP contribution in [0.15, 0.2) is 11.4 Å². The number of sulfone groups is 1. The van der Waals surface area contributed by atoms with Crippen molar-refractivity contribution in [2.45, 2.75) is 88.7 Å². The van der Waals surface area contributed by atoms with Gasteiger partial charge in [0.2, 0.25) is 20.9 Å². The van der Waals surface area contributed by atoms with E-state index in [-0.39, 0.29) is 16.3 Å². The van der Waals surface area contributed by atoms with Crippen LogP contribution in [0.1, 0.15) is 70.9 Å². The molecule has 0 N–H and O–H groups in total. The Labute approximate surface area is 181 Å². The first-order valence-corrected chi connectivity index (χ1v) is 13.2. The summed E-state index contributed by atoms with van der Waals surface area (Å²) in [5.74, 6) is 0.574. The standard InChI is InChI=1S/C22H38N4O3S/c1-4-6-12-26-19(17-24(3)15-18-13-21(27)25(5-2)16-18)14-23-22(26)30(28,29)20-10-8-7-9-11-20/h14,18,20H,4-13,15-17H2,1-3H3/t18-/m1/s1. The maximum atomic E-state index is 13.3. The van der Waals surface area contributed by atoms with Crippen molar-refractivity contribution < 1.29 is 13.2 Å². The van der Waals surface area contributed by atoms with Gasteiger partial charge in [0.05, 0.1) is 17.1 Å². The van der Waals surface area contributed by atoms with Gasteiger partial charge in [-0.2, -0.15) is 0 Å². The van der Waals surface area contributed by atoms with E-state index in [2.05, 4.69) is 16.8 Å². The Hall–Kier alpha value is -1.41. The van der Waals surface area contributed by atoms with Gasteiger partial charge >= 0.3 is 0 Å². The highest BCUT2D eigenvalue weighted by Gasteiger charge is 2.34. The summed E-state index contributed by atoms with van der Waals surface area (Å²) in [5, 5.41) is -0.0245. The predicted molar refractivity (Wildman–Crippen MR) is 118 cm³/mol. The monoisotopic (exact) mass is 438 g/mol. The Morgan fingerprint density at radius 3 is 2.57 bits per heavy atom. The summed E-state index contributed by atoms with van der Waals surface area (Å²) in [4.78, 5) is 20.6. The molecule has 3 rings (SSSR count).